The van der Waals surface area contributed by atoms with Crippen LogP contribution in [0.5, 0.6) is 11.5 Å². The maximum absolute atomic E-state index is 12.9. The zero-order valence-corrected chi connectivity index (χ0v) is 18.6. The summed E-state index contributed by atoms with van der Waals surface area (Å²) in [5.74, 6) is 0.895. The Labute approximate surface area is 183 Å². The van der Waals surface area contributed by atoms with Gasteiger partial charge in [-0.05, 0) is 50.8 Å². The molecule has 2 aromatic rings. The van der Waals surface area contributed by atoms with Crippen LogP contribution in [0.15, 0.2) is 48.5 Å². The first-order valence-electron chi connectivity index (χ1n) is 10.5. The maximum atomic E-state index is 12.9. The number of benzene rings is 2. The van der Waals surface area contributed by atoms with Gasteiger partial charge in [-0.25, -0.2) is 0 Å². The molecular formula is C24H31N3O4. The molecule has 2 amide bonds. The molecule has 1 heterocycles. The van der Waals surface area contributed by atoms with E-state index in [0.29, 0.717) is 31.1 Å². The monoisotopic (exact) mass is 425 g/mol. The van der Waals surface area contributed by atoms with Gasteiger partial charge in [0.25, 0.3) is 0 Å². The smallest absolute Gasteiger partial charge is 0.227 e. The van der Waals surface area contributed by atoms with Crippen molar-refractivity contribution in [2.24, 2.45) is 5.92 Å². The van der Waals surface area contributed by atoms with Crippen molar-refractivity contribution < 1.29 is 19.1 Å². The highest BCUT2D eigenvalue weighted by molar-refractivity contribution is 6.01. The molecule has 7 nitrogen and oxygen atoms in total. The molecule has 0 spiro atoms. The topological polar surface area (TPSA) is 71.1 Å². The highest BCUT2D eigenvalue weighted by atomic mass is 16.5. The summed E-state index contributed by atoms with van der Waals surface area (Å²) in [6, 6.07) is 15.3. The summed E-state index contributed by atoms with van der Waals surface area (Å²) in [7, 11) is 5.59. The van der Waals surface area contributed by atoms with Gasteiger partial charge in [0.05, 0.1) is 31.4 Å². The Balaban J connectivity index is 1.64. The van der Waals surface area contributed by atoms with Crippen molar-refractivity contribution in [1.29, 1.82) is 0 Å². The lowest BCUT2D eigenvalue weighted by Crippen LogP contribution is -2.38. The molecule has 0 aliphatic carbocycles. The van der Waals surface area contributed by atoms with Crippen molar-refractivity contribution in [3.63, 3.8) is 0 Å². The van der Waals surface area contributed by atoms with Crippen LogP contribution in [0.4, 0.5) is 5.69 Å². The van der Waals surface area contributed by atoms with E-state index in [1.807, 2.05) is 69.6 Å². The second kappa shape index (κ2) is 10.3. The van der Waals surface area contributed by atoms with Gasteiger partial charge in [0.1, 0.15) is 11.5 Å². The van der Waals surface area contributed by atoms with Gasteiger partial charge in [-0.2, -0.15) is 0 Å². The summed E-state index contributed by atoms with van der Waals surface area (Å²) in [5.41, 5.74) is 1.80. The van der Waals surface area contributed by atoms with Crippen molar-refractivity contribution in [3.05, 3.63) is 54.1 Å². The van der Waals surface area contributed by atoms with Gasteiger partial charge in [0.15, 0.2) is 0 Å². The molecule has 3 rings (SSSR count). The highest BCUT2D eigenvalue weighted by Gasteiger charge is 2.36. The lowest BCUT2D eigenvalue weighted by Gasteiger charge is -2.26. The van der Waals surface area contributed by atoms with Crippen molar-refractivity contribution in [3.8, 4) is 11.5 Å². The number of rotatable bonds is 9. The Bertz CT molecular complexity index is 898. The fourth-order valence-electron chi connectivity index (χ4n) is 3.84. The van der Waals surface area contributed by atoms with E-state index in [-0.39, 0.29) is 30.2 Å². The van der Waals surface area contributed by atoms with Crippen LogP contribution in [0.1, 0.15) is 24.9 Å². The van der Waals surface area contributed by atoms with Gasteiger partial charge in [-0.3, -0.25) is 9.59 Å². The number of methoxy groups -OCH3 is 1. The lowest BCUT2D eigenvalue weighted by atomic mass is 10.0. The molecule has 1 fully saturated rings. The van der Waals surface area contributed by atoms with Gasteiger partial charge < -0.3 is 24.6 Å². The summed E-state index contributed by atoms with van der Waals surface area (Å²) >= 11 is 0. The largest absolute Gasteiger partial charge is 0.497 e. The fraction of sp³-hybridized carbons (Fsp3) is 0.417. The van der Waals surface area contributed by atoms with E-state index in [0.717, 1.165) is 11.3 Å². The quantitative estimate of drug-likeness (QED) is 0.669. The predicted octanol–water partition coefficient (Wildman–Crippen LogP) is 2.87. The number of para-hydroxylation sites is 2. The summed E-state index contributed by atoms with van der Waals surface area (Å²) in [6.07, 6.45) is 0.196. The fourth-order valence-corrected chi connectivity index (χ4v) is 3.84. The minimum atomic E-state index is -0.388. The molecule has 2 unspecified atom stereocenters. The van der Waals surface area contributed by atoms with Gasteiger partial charge >= 0.3 is 0 Å². The van der Waals surface area contributed by atoms with Crippen molar-refractivity contribution in [2.75, 3.05) is 45.8 Å². The molecule has 0 aromatic heterocycles. The average molecular weight is 426 g/mol. The first kappa shape index (κ1) is 22.6. The zero-order valence-electron chi connectivity index (χ0n) is 18.6. The van der Waals surface area contributed by atoms with Gasteiger partial charge in [0, 0.05) is 19.5 Å². The van der Waals surface area contributed by atoms with Crippen molar-refractivity contribution in [1.82, 2.24) is 10.2 Å². The Morgan fingerprint density at radius 3 is 2.55 bits per heavy atom. The number of hydrogen-bond acceptors (Lipinski definition) is 5. The molecule has 31 heavy (non-hydrogen) atoms. The third kappa shape index (κ3) is 5.35. The number of amides is 2. The van der Waals surface area contributed by atoms with Gasteiger partial charge in [-0.15, -0.1) is 0 Å². The van der Waals surface area contributed by atoms with E-state index in [2.05, 4.69) is 10.2 Å². The second-order valence-electron chi connectivity index (χ2n) is 7.80. The molecule has 1 aliphatic heterocycles. The standard InChI is InChI=1S/C24H31N3O4/c1-5-31-22-9-7-6-8-20(22)27-16-18(14-23(27)28)24(29)25-15-21(26(2)3)17-10-12-19(30-4)13-11-17/h6-13,18,21H,5,14-16H2,1-4H3,(H,25,29). The molecule has 0 bridgehead atoms. The average Bonchev–Trinajstić information content (AvgIpc) is 3.16. The number of anilines is 1. The van der Waals surface area contributed by atoms with E-state index in [9.17, 15) is 9.59 Å². The highest BCUT2D eigenvalue weighted by Crippen LogP contribution is 2.33. The second-order valence-corrected chi connectivity index (χ2v) is 7.80. The summed E-state index contributed by atoms with van der Waals surface area (Å²) in [4.78, 5) is 29.2. The summed E-state index contributed by atoms with van der Waals surface area (Å²) in [5, 5.41) is 3.04. The van der Waals surface area contributed by atoms with Crippen LogP contribution >= 0.6 is 0 Å². The zero-order chi connectivity index (χ0) is 22.4. The molecule has 2 atom stereocenters. The van der Waals surface area contributed by atoms with E-state index >= 15 is 0 Å². The summed E-state index contributed by atoms with van der Waals surface area (Å²) < 4.78 is 10.9. The SMILES string of the molecule is CCOc1ccccc1N1CC(C(=O)NCC(c2ccc(OC)cc2)N(C)C)CC1=O. The number of hydrogen-bond donors (Lipinski definition) is 1. The number of likely N-dealkylation sites (N-methyl/N-ethyl adjacent to an activating group) is 1. The minimum absolute atomic E-state index is 0.0155. The number of carbonyl (C=O) groups is 2. The van der Waals surface area contributed by atoms with Crippen molar-refractivity contribution >= 4 is 17.5 Å². The van der Waals surface area contributed by atoms with Crippen LogP contribution in [-0.2, 0) is 9.59 Å². The van der Waals surface area contributed by atoms with Crippen molar-refractivity contribution in [2.45, 2.75) is 19.4 Å². The Kier molecular flexibility index (Phi) is 7.52. The number of ether oxygens (including phenoxy) is 2. The maximum Gasteiger partial charge on any atom is 0.227 e. The van der Waals surface area contributed by atoms with Crippen LogP contribution in [0.3, 0.4) is 0 Å². The third-order valence-electron chi connectivity index (χ3n) is 5.55. The molecule has 2 aromatic carbocycles. The predicted molar refractivity (Wildman–Crippen MR) is 121 cm³/mol. The number of nitrogens with zero attached hydrogens (tertiary/aromatic N) is 2. The van der Waals surface area contributed by atoms with E-state index < -0.39 is 0 Å². The first-order valence-corrected chi connectivity index (χ1v) is 10.5. The molecule has 166 valence electrons. The minimum Gasteiger partial charge on any atom is -0.497 e. The molecule has 0 radical (unpaired) electrons. The Morgan fingerprint density at radius 2 is 1.90 bits per heavy atom. The lowest BCUT2D eigenvalue weighted by molar-refractivity contribution is -0.126. The number of nitrogens with one attached hydrogen (secondary N) is 1. The number of carbonyl (C=O) groups excluding carboxylic acids is 2. The molecule has 1 N–H and O–H groups in total. The Hall–Kier alpha value is -3.06. The van der Waals surface area contributed by atoms with Gasteiger partial charge in [-0.1, -0.05) is 24.3 Å². The van der Waals surface area contributed by atoms with E-state index in [1.54, 1.807) is 12.0 Å². The molecular weight excluding hydrogens is 394 g/mol. The Morgan fingerprint density at radius 1 is 1.19 bits per heavy atom. The van der Waals surface area contributed by atoms with Crippen LogP contribution < -0.4 is 19.7 Å². The van der Waals surface area contributed by atoms with Crippen LogP contribution in [0.25, 0.3) is 0 Å². The molecule has 1 saturated heterocycles. The molecule has 7 heteroatoms. The van der Waals surface area contributed by atoms with E-state index in [1.165, 1.54) is 0 Å². The van der Waals surface area contributed by atoms with Crippen LogP contribution in [0.2, 0.25) is 0 Å². The van der Waals surface area contributed by atoms with Crippen LogP contribution in [0, 0.1) is 5.92 Å². The molecule has 0 saturated carbocycles. The van der Waals surface area contributed by atoms with E-state index in [4.69, 9.17) is 9.47 Å². The third-order valence-corrected chi connectivity index (χ3v) is 5.55. The first-order chi connectivity index (χ1) is 14.9. The van der Waals surface area contributed by atoms with Gasteiger partial charge in [0.2, 0.25) is 11.8 Å². The van der Waals surface area contributed by atoms with Crippen LogP contribution in [-0.4, -0.2) is 57.6 Å². The normalized spacial score (nSPS) is 17.0. The summed E-state index contributed by atoms with van der Waals surface area (Å²) in [6.45, 7) is 3.23. The molecule has 1 aliphatic rings.